The number of amides is 1. The van der Waals surface area contributed by atoms with Crippen molar-refractivity contribution in [2.24, 2.45) is 11.1 Å². The van der Waals surface area contributed by atoms with Gasteiger partial charge in [-0.3, -0.25) is 4.79 Å². The average molecular weight is 294 g/mol. The van der Waals surface area contributed by atoms with Crippen molar-refractivity contribution in [3.63, 3.8) is 0 Å². The van der Waals surface area contributed by atoms with E-state index in [1.54, 1.807) is 11.3 Å². The van der Waals surface area contributed by atoms with Crippen LogP contribution in [0.4, 0.5) is 0 Å². The highest BCUT2D eigenvalue weighted by Gasteiger charge is 2.31. The lowest BCUT2D eigenvalue weighted by Gasteiger charge is -2.27. The van der Waals surface area contributed by atoms with Crippen molar-refractivity contribution < 1.29 is 4.79 Å². The SMILES string of the molecule is CC(C)(C)CC(N)CC(=O)N1CCCC1c1cccs1. The zero-order valence-electron chi connectivity index (χ0n) is 12.8. The molecule has 1 aromatic rings. The molecule has 0 spiro atoms. The highest BCUT2D eigenvalue weighted by atomic mass is 32.1. The summed E-state index contributed by atoms with van der Waals surface area (Å²) in [6, 6.07) is 4.44. The summed E-state index contributed by atoms with van der Waals surface area (Å²) in [4.78, 5) is 15.8. The van der Waals surface area contributed by atoms with Crippen molar-refractivity contribution >= 4 is 17.2 Å². The molecular formula is C16H26N2OS. The van der Waals surface area contributed by atoms with Crippen LogP contribution in [0.2, 0.25) is 0 Å². The lowest BCUT2D eigenvalue weighted by Crippen LogP contribution is -2.36. The standard InChI is InChI=1S/C16H26N2OS/c1-16(2,3)11-12(17)10-15(19)18-8-4-6-13(18)14-7-5-9-20-14/h5,7,9,12-13H,4,6,8,10-11,17H2,1-3H3. The molecule has 20 heavy (non-hydrogen) atoms. The highest BCUT2D eigenvalue weighted by Crippen LogP contribution is 2.35. The van der Waals surface area contributed by atoms with Crippen molar-refractivity contribution in [2.45, 2.75) is 58.5 Å². The fourth-order valence-electron chi connectivity index (χ4n) is 3.04. The second-order valence-corrected chi connectivity index (χ2v) is 7.97. The molecule has 1 amide bonds. The van der Waals surface area contributed by atoms with Crippen molar-refractivity contribution in [2.75, 3.05) is 6.54 Å². The number of likely N-dealkylation sites (tertiary alicyclic amines) is 1. The van der Waals surface area contributed by atoms with Crippen LogP contribution in [0.5, 0.6) is 0 Å². The Labute approximate surface area is 126 Å². The predicted molar refractivity (Wildman–Crippen MR) is 84.7 cm³/mol. The molecule has 0 saturated carbocycles. The van der Waals surface area contributed by atoms with E-state index in [9.17, 15) is 4.79 Å². The van der Waals surface area contributed by atoms with Gasteiger partial charge in [-0.05, 0) is 36.1 Å². The first-order valence-electron chi connectivity index (χ1n) is 7.45. The Morgan fingerprint density at radius 3 is 2.90 bits per heavy atom. The van der Waals surface area contributed by atoms with Crippen molar-refractivity contribution in [3.8, 4) is 0 Å². The molecule has 2 N–H and O–H groups in total. The molecule has 0 radical (unpaired) electrons. The quantitative estimate of drug-likeness (QED) is 0.923. The lowest BCUT2D eigenvalue weighted by atomic mass is 9.87. The average Bonchev–Trinajstić information content (AvgIpc) is 2.97. The largest absolute Gasteiger partial charge is 0.335 e. The molecule has 0 aliphatic carbocycles. The zero-order chi connectivity index (χ0) is 14.8. The Morgan fingerprint density at radius 1 is 1.55 bits per heavy atom. The van der Waals surface area contributed by atoms with Gasteiger partial charge < -0.3 is 10.6 Å². The molecule has 0 aromatic carbocycles. The maximum Gasteiger partial charge on any atom is 0.224 e. The number of hydrogen-bond acceptors (Lipinski definition) is 3. The third-order valence-electron chi connectivity index (χ3n) is 3.76. The van der Waals surface area contributed by atoms with Crippen LogP contribution in [-0.4, -0.2) is 23.4 Å². The Hall–Kier alpha value is -0.870. The fourth-order valence-corrected chi connectivity index (χ4v) is 3.92. The number of carbonyl (C=O) groups excluding carboxylic acids is 1. The van der Waals surface area contributed by atoms with Gasteiger partial charge >= 0.3 is 0 Å². The van der Waals surface area contributed by atoms with Crippen LogP contribution in [0, 0.1) is 5.41 Å². The molecular weight excluding hydrogens is 268 g/mol. The van der Waals surface area contributed by atoms with Gasteiger partial charge in [0.2, 0.25) is 5.91 Å². The van der Waals surface area contributed by atoms with Crippen LogP contribution in [0.15, 0.2) is 17.5 Å². The van der Waals surface area contributed by atoms with Crippen LogP contribution in [-0.2, 0) is 4.79 Å². The van der Waals surface area contributed by atoms with E-state index in [1.165, 1.54) is 4.88 Å². The molecule has 1 aliphatic rings. The summed E-state index contributed by atoms with van der Waals surface area (Å²) < 4.78 is 0. The summed E-state index contributed by atoms with van der Waals surface area (Å²) in [6.07, 6.45) is 3.54. The highest BCUT2D eigenvalue weighted by molar-refractivity contribution is 7.10. The van der Waals surface area contributed by atoms with Gasteiger partial charge in [0.1, 0.15) is 0 Å². The molecule has 0 bridgehead atoms. The van der Waals surface area contributed by atoms with E-state index in [2.05, 4.69) is 38.3 Å². The van der Waals surface area contributed by atoms with Gasteiger partial charge in [0.15, 0.2) is 0 Å². The van der Waals surface area contributed by atoms with Gasteiger partial charge in [0.05, 0.1) is 6.04 Å². The summed E-state index contributed by atoms with van der Waals surface area (Å²) in [5.74, 6) is 0.220. The lowest BCUT2D eigenvalue weighted by molar-refractivity contribution is -0.132. The number of thiophene rings is 1. The molecule has 2 rings (SSSR count). The minimum atomic E-state index is -0.0351. The van der Waals surface area contributed by atoms with Crippen molar-refractivity contribution in [3.05, 3.63) is 22.4 Å². The van der Waals surface area contributed by atoms with Gasteiger partial charge in [-0.15, -0.1) is 11.3 Å². The van der Waals surface area contributed by atoms with Crippen LogP contribution in [0.3, 0.4) is 0 Å². The summed E-state index contributed by atoms with van der Waals surface area (Å²) in [5, 5.41) is 2.08. The first kappa shape index (κ1) is 15.5. The summed E-state index contributed by atoms with van der Waals surface area (Å²) in [5.41, 5.74) is 6.33. The fraction of sp³-hybridized carbons (Fsp3) is 0.688. The third kappa shape index (κ3) is 4.06. The van der Waals surface area contributed by atoms with Gasteiger partial charge in [-0.1, -0.05) is 26.8 Å². The molecule has 1 aliphatic heterocycles. The van der Waals surface area contributed by atoms with Gasteiger partial charge in [0, 0.05) is 23.9 Å². The van der Waals surface area contributed by atoms with Crippen molar-refractivity contribution in [1.82, 2.24) is 4.90 Å². The van der Waals surface area contributed by atoms with E-state index in [0.29, 0.717) is 6.42 Å². The molecule has 1 aromatic heterocycles. The predicted octanol–water partition coefficient (Wildman–Crippen LogP) is 3.57. The molecule has 2 unspecified atom stereocenters. The molecule has 112 valence electrons. The van der Waals surface area contributed by atoms with Crippen LogP contribution >= 0.6 is 11.3 Å². The number of rotatable bonds is 4. The molecule has 1 fully saturated rings. The van der Waals surface area contributed by atoms with Gasteiger partial charge in [-0.25, -0.2) is 0 Å². The first-order chi connectivity index (χ1) is 9.37. The van der Waals surface area contributed by atoms with E-state index >= 15 is 0 Å². The summed E-state index contributed by atoms with van der Waals surface area (Å²) in [7, 11) is 0. The van der Waals surface area contributed by atoms with Crippen LogP contribution in [0.25, 0.3) is 0 Å². The zero-order valence-corrected chi connectivity index (χ0v) is 13.6. The van der Waals surface area contributed by atoms with Crippen LogP contribution < -0.4 is 5.73 Å². The Balaban J connectivity index is 1.95. The smallest absolute Gasteiger partial charge is 0.224 e. The Morgan fingerprint density at radius 2 is 2.30 bits per heavy atom. The number of nitrogens with two attached hydrogens (primary N) is 1. The molecule has 3 nitrogen and oxygen atoms in total. The van der Waals surface area contributed by atoms with E-state index in [-0.39, 0.29) is 23.4 Å². The second kappa shape index (κ2) is 6.27. The molecule has 2 atom stereocenters. The minimum Gasteiger partial charge on any atom is -0.335 e. The first-order valence-corrected chi connectivity index (χ1v) is 8.33. The van der Waals surface area contributed by atoms with Crippen molar-refractivity contribution in [1.29, 1.82) is 0 Å². The normalized spacial score (nSPS) is 21.2. The van der Waals surface area contributed by atoms with E-state index in [4.69, 9.17) is 5.73 Å². The molecule has 1 saturated heterocycles. The minimum absolute atomic E-state index is 0.0351. The van der Waals surface area contributed by atoms with E-state index in [1.807, 2.05) is 4.90 Å². The van der Waals surface area contributed by atoms with Gasteiger partial charge in [0.25, 0.3) is 0 Å². The molecule has 4 heteroatoms. The summed E-state index contributed by atoms with van der Waals surface area (Å²) in [6.45, 7) is 7.38. The topological polar surface area (TPSA) is 46.3 Å². The number of carbonyl (C=O) groups is 1. The Kier molecular flexibility index (Phi) is 4.86. The second-order valence-electron chi connectivity index (χ2n) is 6.99. The molecule has 2 heterocycles. The third-order valence-corrected chi connectivity index (χ3v) is 4.73. The maximum absolute atomic E-state index is 12.5. The van der Waals surface area contributed by atoms with E-state index in [0.717, 1.165) is 25.8 Å². The number of nitrogens with zero attached hydrogens (tertiary/aromatic N) is 1. The maximum atomic E-state index is 12.5. The van der Waals surface area contributed by atoms with E-state index < -0.39 is 0 Å². The van der Waals surface area contributed by atoms with Crippen LogP contribution in [0.1, 0.15) is 57.4 Å². The summed E-state index contributed by atoms with van der Waals surface area (Å²) >= 11 is 1.75. The number of hydrogen-bond donors (Lipinski definition) is 1. The monoisotopic (exact) mass is 294 g/mol. The van der Waals surface area contributed by atoms with Gasteiger partial charge in [-0.2, -0.15) is 0 Å². The Bertz CT molecular complexity index is 436.